The van der Waals surface area contributed by atoms with E-state index in [2.05, 4.69) is 5.32 Å². The standard InChI is InChI=1S/C12H17NO2/c14-8-10-7-9(5-6-13-10)11-3-1-2-4-12(11)15/h1-4,9-10,13-15H,5-8H2. The van der Waals surface area contributed by atoms with Gasteiger partial charge < -0.3 is 15.5 Å². The summed E-state index contributed by atoms with van der Waals surface area (Å²) < 4.78 is 0. The topological polar surface area (TPSA) is 52.5 Å². The van der Waals surface area contributed by atoms with Crippen molar-refractivity contribution in [3.05, 3.63) is 29.8 Å². The summed E-state index contributed by atoms with van der Waals surface area (Å²) in [5.74, 6) is 0.741. The van der Waals surface area contributed by atoms with Crippen molar-refractivity contribution in [2.75, 3.05) is 13.2 Å². The zero-order valence-corrected chi connectivity index (χ0v) is 8.69. The third-order valence-electron chi connectivity index (χ3n) is 3.09. The fourth-order valence-corrected chi connectivity index (χ4v) is 2.26. The van der Waals surface area contributed by atoms with Crippen molar-refractivity contribution >= 4 is 0 Å². The lowest BCUT2D eigenvalue weighted by Gasteiger charge is -2.29. The van der Waals surface area contributed by atoms with Crippen LogP contribution in [0.3, 0.4) is 0 Å². The van der Waals surface area contributed by atoms with Gasteiger partial charge in [0.15, 0.2) is 0 Å². The van der Waals surface area contributed by atoms with Crippen molar-refractivity contribution in [3.8, 4) is 5.75 Å². The number of piperidine rings is 1. The van der Waals surface area contributed by atoms with Crippen LogP contribution in [0.5, 0.6) is 5.75 Å². The van der Waals surface area contributed by atoms with Gasteiger partial charge in [0.2, 0.25) is 0 Å². The van der Waals surface area contributed by atoms with Crippen molar-refractivity contribution in [3.63, 3.8) is 0 Å². The smallest absolute Gasteiger partial charge is 0.119 e. The Morgan fingerprint density at radius 2 is 2.13 bits per heavy atom. The van der Waals surface area contributed by atoms with Crippen LogP contribution in [0, 0.1) is 0 Å². The number of rotatable bonds is 2. The average Bonchev–Trinajstić information content (AvgIpc) is 2.30. The number of phenolic OH excluding ortho intramolecular Hbond substituents is 1. The molecule has 1 aliphatic heterocycles. The van der Waals surface area contributed by atoms with E-state index in [1.165, 1.54) is 0 Å². The minimum absolute atomic E-state index is 0.170. The predicted molar refractivity (Wildman–Crippen MR) is 59.0 cm³/mol. The summed E-state index contributed by atoms with van der Waals surface area (Å²) in [6, 6.07) is 7.66. The first kappa shape index (κ1) is 10.5. The molecule has 82 valence electrons. The van der Waals surface area contributed by atoms with Crippen LogP contribution in [-0.2, 0) is 0 Å². The Balaban J connectivity index is 2.13. The number of para-hydroxylation sites is 1. The quantitative estimate of drug-likeness (QED) is 0.683. The Morgan fingerprint density at radius 3 is 2.87 bits per heavy atom. The molecule has 3 N–H and O–H groups in total. The Hall–Kier alpha value is -1.06. The fraction of sp³-hybridized carbons (Fsp3) is 0.500. The second-order valence-corrected chi connectivity index (χ2v) is 4.11. The molecule has 15 heavy (non-hydrogen) atoms. The SMILES string of the molecule is OCC1CC(c2ccccc2O)CCN1. The molecule has 3 nitrogen and oxygen atoms in total. The maximum Gasteiger partial charge on any atom is 0.119 e. The summed E-state index contributed by atoms with van der Waals surface area (Å²) in [4.78, 5) is 0. The summed E-state index contributed by atoms with van der Waals surface area (Å²) in [5, 5.41) is 22.1. The van der Waals surface area contributed by atoms with E-state index in [-0.39, 0.29) is 12.6 Å². The van der Waals surface area contributed by atoms with Gasteiger partial charge in [-0.25, -0.2) is 0 Å². The van der Waals surface area contributed by atoms with E-state index >= 15 is 0 Å². The number of hydrogen-bond donors (Lipinski definition) is 3. The number of phenols is 1. The lowest BCUT2D eigenvalue weighted by molar-refractivity contribution is 0.209. The van der Waals surface area contributed by atoms with E-state index in [0.29, 0.717) is 11.7 Å². The first-order chi connectivity index (χ1) is 7.31. The molecule has 2 atom stereocenters. The molecule has 1 fully saturated rings. The second kappa shape index (κ2) is 4.64. The highest BCUT2D eigenvalue weighted by atomic mass is 16.3. The largest absolute Gasteiger partial charge is 0.508 e. The number of aliphatic hydroxyl groups excluding tert-OH is 1. The molecule has 1 aromatic rings. The van der Waals surface area contributed by atoms with Gasteiger partial charge >= 0.3 is 0 Å². The molecule has 2 rings (SSSR count). The third-order valence-corrected chi connectivity index (χ3v) is 3.09. The maximum absolute atomic E-state index is 9.74. The molecule has 0 aliphatic carbocycles. The van der Waals surface area contributed by atoms with Crippen molar-refractivity contribution < 1.29 is 10.2 Å². The van der Waals surface area contributed by atoms with Gasteiger partial charge in [0.05, 0.1) is 6.61 Å². The number of nitrogens with one attached hydrogen (secondary N) is 1. The van der Waals surface area contributed by atoms with Gasteiger partial charge in [-0.05, 0) is 36.9 Å². The van der Waals surface area contributed by atoms with Crippen LogP contribution < -0.4 is 5.32 Å². The predicted octanol–water partition coefficient (Wildman–Crippen LogP) is 1.22. The van der Waals surface area contributed by atoms with Crippen LogP contribution in [0.2, 0.25) is 0 Å². The Morgan fingerprint density at radius 1 is 1.33 bits per heavy atom. The molecule has 0 radical (unpaired) electrons. The summed E-state index contributed by atoms with van der Waals surface area (Å²) in [6.07, 6.45) is 1.92. The maximum atomic E-state index is 9.74. The molecule has 0 amide bonds. The molecular formula is C12H17NO2. The molecule has 1 heterocycles. The molecule has 0 aromatic heterocycles. The molecular weight excluding hydrogens is 190 g/mol. The third kappa shape index (κ3) is 2.30. The zero-order valence-electron chi connectivity index (χ0n) is 8.69. The van der Waals surface area contributed by atoms with E-state index < -0.39 is 0 Å². The molecule has 1 aromatic carbocycles. The molecule has 0 bridgehead atoms. The minimum Gasteiger partial charge on any atom is -0.508 e. The van der Waals surface area contributed by atoms with Crippen molar-refractivity contribution in [1.82, 2.24) is 5.32 Å². The fourth-order valence-electron chi connectivity index (χ4n) is 2.26. The number of hydrogen-bond acceptors (Lipinski definition) is 3. The van der Waals surface area contributed by atoms with Crippen LogP contribution in [-0.4, -0.2) is 29.4 Å². The number of benzene rings is 1. The van der Waals surface area contributed by atoms with Crippen molar-refractivity contribution in [2.24, 2.45) is 0 Å². The van der Waals surface area contributed by atoms with Gasteiger partial charge in [-0.2, -0.15) is 0 Å². The van der Waals surface area contributed by atoms with Crippen molar-refractivity contribution in [1.29, 1.82) is 0 Å². The molecule has 0 saturated carbocycles. The second-order valence-electron chi connectivity index (χ2n) is 4.11. The Bertz CT molecular complexity index is 327. The molecule has 3 heteroatoms. The number of aromatic hydroxyl groups is 1. The van der Waals surface area contributed by atoms with E-state index in [0.717, 1.165) is 24.9 Å². The van der Waals surface area contributed by atoms with E-state index in [1.807, 2.05) is 18.2 Å². The average molecular weight is 207 g/mol. The monoisotopic (exact) mass is 207 g/mol. The minimum atomic E-state index is 0.170. The van der Waals surface area contributed by atoms with Gasteiger partial charge in [0.1, 0.15) is 5.75 Å². The van der Waals surface area contributed by atoms with Gasteiger partial charge in [-0.3, -0.25) is 0 Å². The first-order valence-electron chi connectivity index (χ1n) is 5.43. The Kier molecular flexibility index (Phi) is 3.23. The summed E-state index contributed by atoms with van der Waals surface area (Å²) in [7, 11) is 0. The molecule has 0 spiro atoms. The van der Waals surface area contributed by atoms with Gasteiger partial charge in [0.25, 0.3) is 0 Å². The van der Waals surface area contributed by atoms with Gasteiger partial charge in [0, 0.05) is 6.04 Å². The molecule has 2 unspecified atom stereocenters. The molecule has 1 aliphatic rings. The van der Waals surface area contributed by atoms with E-state index in [4.69, 9.17) is 5.11 Å². The van der Waals surface area contributed by atoms with Gasteiger partial charge in [-0.15, -0.1) is 0 Å². The van der Waals surface area contributed by atoms with Crippen molar-refractivity contribution in [2.45, 2.75) is 24.8 Å². The van der Waals surface area contributed by atoms with E-state index in [9.17, 15) is 5.11 Å². The first-order valence-corrected chi connectivity index (χ1v) is 5.43. The Labute approximate surface area is 89.8 Å². The summed E-state index contributed by atoms with van der Waals surface area (Å²) in [6.45, 7) is 1.08. The van der Waals surface area contributed by atoms with Crippen LogP contribution in [0.25, 0.3) is 0 Å². The van der Waals surface area contributed by atoms with Gasteiger partial charge in [-0.1, -0.05) is 18.2 Å². The van der Waals surface area contributed by atoms with Crippen LogP contribution in [0.15, 0.2) is 24.3 Å². The molecule has 1 saturated heterocycles. The van der Waals surface area contributed by atoms with E-state index in [1.54, 1.807) is 6.07 Å². The number of aliphatic hydroxyl groups is 1. The zero-order chi connectivity index (χ0) is 10.7. The lowest BCUT2D eigenvalue weighted by atomic mass is 9.86. The summed E-state index contributed by atoms with van der Waals surface area (Å²) in [5.41, 5.74) is 1.01. The highest BCUT2D eigenvalue weighted by Crippen LogP contribution is 2.32. The van der Waals surface area contributed by atoms with Crippen LogP contribution in [0.4, 0.5) is 0 Å². The van der Waals surface area contributed by atoms with Crippen LogP contribution in [0.1, 0.15) is 24.3 Å². The highest BCUT2D eigenvalue weighted by molar-refractivity contribution is 5.35. The highest BCUT2D eigenvalue weighted by Gasteiger charge is 2.23. The summed E-state index contributed by atoms with van der Waals surface area (Å²) >= 11 is 0. The normalized spacial score (nSPS) is 26.5. The lowest BCUT2D eigenvalue weighted by Crippen LogP contribution is -2.39. The van der Waals surface area contributed by atoms with Crippen LogP contribution >= 0.6 is 0 Å².